The smallest absolute Gasteiger partial charge is 0.269 e. The third-order valence-electron chi connectivity index (χ3n) is 3.31. The minimum Gasteiger partial charge on any atom is -0.346 e. The molecule has 3 aromatic rings. The van der Waals surface area contributed by atoms with Crippen molar-refractivity contribution in [2.45, 2.75) is 6.54 Å². The molecular weight excluding hydrogens is 372 g/mol. The van der Waals surface area contributed by atoms with Crippen LogP contribution in [0.15, 0.2) is 40.9 Å². The number of fused-ring (bicyclic) bond motifs is 1. The molecule has 0 atom stereocenters. The zero-order valence-electron chi connectivity index (χ0n) is 11.2. The maximum atomic E-state index is 12.4. The van der Waals surface area contributed by atoms with Gasteiger partial charge in [0.25, 0.3) is 5.91 Å². The van der Waals surface area contributed by atoms with E-state index in [1.807, 2.05) is 48.0 Å². The molecule has 0 unspecified atom stereocenters. The average Bonchev–Trinajstić information content (AvgIpc) is 3.00. The highest BCUT2D eigenvalue weighted by atomic mass is 79.9. The van der Waals surface area contributed by atoms with E-state index in [1.165, 1.54) is 11.3 Å². The molecule has 0 fully saturated rings. The Morgan fingerprint density at radius 1 is 1.33 bits per heavy atom. The third kappa shape index (κ3) is 2.73. The van der Waals surface area contributed by atoms with Crippen molar-refractivity contribution >= 4 is 55.7 Å². The molecule has 6 heteroatoms. The minimum absolute atomic E-state index is 0.106. The first-order valence-electron chi connectivity index (χ1n) is 6.33. The Morgan fingerprint density at radius 3 is 2.76 bits per heavy atom. The lowest BCUT2D eigenvalue weighted by Crippen LogP contribution is -2.24. The second-order valence-corrected chi connectivity index (χ2v) is 7.22. The van der Waals surface area contributed by atoms with Crippen molar-refractivity contribution in [3.8, 4) is 0 Å². The third-order valence-corrected chi connectivity index (χ3v) is 5.35. The van der Waals surface area contributed by atoms with Crippen LogP contribution in [0.25, 0.3) is 10.9 Å². The second-order valence-electron chi connectivity index (χ2n) is 4.63. The van der Waals surface area contributed by atoms with Crippen LogP contribution in [0.3, 0.4) is 0 Å². The summed E-state index contributed by atoms with van der Waals surface area (Å²) in [5, 5.41) is 3.96. The van der Waals surface area contributed by atoms with Crippen LogP contribution >= 0.6 is 38.9 Å². The number of aromatic nitrogens is 1. The van der Waals surface area contributed by atoms with Crippen LogP contribution in [-0.4, -0.2) is 10.5 Å². The Morgan fingerprint density at radius 2 is 2.10 bits per heavy atom. The van der Waals surface area contributed by atoms with Gasteiger partial charge in [0, 0.05) is 22.8 Å². The van der Waals surface area contributed by atoms with Crippen molar-refractivity contribution in [1.82, 2.24) is 9.88 Å². The van der Waals surface area contributed by atoms with Crippen molar-refractivity contribution in [2.24, 2.45) is 7.05 Å². The maximum absolute atomic E-state index is 12.4. The summed E-state index contributed by atoms with van der Waals surface area (Å²) in [5.41, 5.74) is 1.65. The van der Waals surface area contributed by atoms with E-state index in [2.05, 4.69) is 21.2 Å². The van der Waals surface area contributed by atoms with E-state index in [1.54, 1.807) is 0 Å². The SMILES string of the molecule is Cn1c(C(=O)NCc2ccc(Cl)s2)c(Br)c2ccccc21. The van der Waals surface area contributed by atoms with E-state index in [9.17, 15) is 4.79 Å². The van der Waals surface area contributed by atoms with Crippen molar-refractivity contribution < 1.29 is 4.79 Å². The van der Waals surface area contributed by atoms with Gasteiger partial charge in [0.05, 0.1) is 15.4 Å². The zero-order chi connectivity index (χ0) is 15.0. The number of amides is 1. The van der Waals surface area contributed by atoms with Crippen LogP contribution in [0.5, 0.6) is 0 Å². The standard InChI is InChI=1S/C15H12BrClN2OS/c1-19-11-5-3-2-4-10(11)13(16)14(19)15(20)18-8-9-6-7-12(17)21-9/h2-7H,8H2,1H3,(H,18,20). The molecule has 0 aliphatic rings. The Bertz CT molecular complexity index is 785. The summed E-state index contributed by atoms with van der Waals surface area (Å²) in [6, 6.07) is 11.7. The molecule has 2 aromatic heterocycles. The van der Waals surface area contributed by atoms with Crippen LogP contribution < -0.4 is 5.32 Å². The lowest BCUT2D eigenvalue weighted by molar-refractivity contribution is 0.0943. The van der Waals surface area contributed by atoms with Gasteiger partial charge in [0.1, 0.15) is 5.69 Å². The summed E-state index contributed by atoms with van der Waals surface area (Å²) in [4.78, 5) is 13.5. The van der Waals surface area contributed by atoms with Gasteiger partial charge in [-0.3, -0.25) is 4.79 Å². The summed E-state index contributed by atoms with van der Waals surface area (Å²) >= 11 is 10.9. The topological polar surface area (TPSA) is 34.0 Å². The molecule has 21 heavy (non-hydrogen) atoms. The predicted molar refractivity (Wildman–Crippen MR) is 91.1 cm³/mol. The van der Waals surface area contributed by atoms with Gasteiger partial charge in [-0.1, -0.05) is 29.8 Å². The number of hydrogen-bond donors (Lipinski definition) is 1. The molecule has 1 aromatic carbocycles. The van der Waals surface area contributed by atoms with Gasteiger partial charge in [-0.25, -0.2) is 0 Å². The molecule has 1 N–H and O–H groups in total. The van der Waals surface area contributed by atoms with Crippen LogP contribution in [0.1, 0.15) is 15.4 Å². The van der Waals surface area contributed by atoms with Gasteiger partial charge < -0.3 is 9.88 Å². The molecule has 0 saturated carbocycles. The highest BCUT2D eigenvalue weighted by Crippen LogP contribution is 2.30. The normalized spacial score (nSPS) is 11.0. The molecule has 0 aliphatic carbocycles. The monoisotopic (exact) mass is 382 g/mol. The van der Waals surface area contributed by atoms with E-state index in [-0.39, 0.29) is 5.91 Å². The fraction of sp³-hybridized carbons (Fsp3) is 0.133. The number of rotatable bonds is 3. The maximum Gasteiger partial charge on any atom is 0.269 e. The number of para-hydroxylation sites is 1. The van der Waals surface area contributed by atoms with Crippen molar-refractivity contribution in [1.29, 1.82) is 0 Å². The number of hydrogen-bond acceptors (Lipinski definition) is 2. The number of benzene rings is 1. The van der Waals surface area contributed by atoms with Crippen molar-refractivity contribution in [2.75, 3.05) is 0 Å². The fourth-order valence-corrected chi connectivity index (χ4v) is 4.11. The van der Waals surface area contributed by atoms with Crippen molar-refractivity contribution in [3.63, 3.8) is 0 Å². The van der Waals surface area contributed by atoms with Crippen LogP contribution in [0.2, 0.25) is 4.34 Å². The summed E-state index contributed by atoms with van der Waals surface area (Å²) in [7, 11) is 1.89. The highest BCUT2D eigenvalue weighted by molar-refractivity contribution is 9.10. The molecule has 2 heterocycles. The first-order chi connectivity index (χ1) is 10.1. The van der Waals surface area contributed by atoms with Crippen LogP contribution in [0, 0.1) is 0 Å². The molecule has 1 amide bonds. The number of thiophene rings is 1. The van der Waals surface area contributed by atoms with Gasteiger partial charge in [-0.05, 0) is 34.1 Å². The number of aryl methyl sites for hydroxylation is 1. The van der Waals surface area contributed by atoms with Gasteiger partial charge in [-0.2, -0.15) is 0 Å². The predicted octanol–water partition coefficient (Wildman–Crippen LogP) is 4.59. The number of halogens is 2. The molecule has 0 bridgehead atoms. The summed E-state index contributed by atoms with van der Waals surface area (Å²) in [5.74, 6) is -0.106. The zero-order valence-corrected chi connectivity index (χ0v) is 14.3. The highest BCUT2D eigenvalue weighted by Gasteiger charge is 2.19. The largest absolute Gasteiger partial charge is 0.346 e. The van der Waals surface area contributed by atoms with Gasteiger partial charge in [0.15, 0.2) is 0 Å². The molecule has 108 valence electrons. The Balaban J connectivity index is 1.88. The fourth-order valence-electron chi connectivity index (χ4n) is 2.30. The number of carbonyl (C=O) groups is 1. The number of nitrogens with zero attached hydrogens (tertiary/aromatic N) is 1. The Hall–Kier alpha value is -1.30. The van der Waals surface area contributed by atoms with Gasteiger partial charge in [0.2, 0.25) is 0 Å². The summed E-state index contributed by atoms with van der Waals surface area (Å²) in [6.45, 7) is 0.476. The molecule has 0 radical (unpaired) electrons. The van der Waals surface area contributed by atoms with E-state index < -0.39 is 0 Å². The minimum atomic E-state index is -0.106. The van der Waals surface area contributed by atoms with Gasteiger partial charge >= 0.3 is 0 Å². The van der Waals surface area contributed by atoms with E-state index >= 15 is 0 Å². The molecule has 3 rings (SSSR count). The number of carbonyl (C=O) groups excluding carboxylic acids is 1. The first-order valence-corrected chi connectivity index (χ1v) is 8.32. The van der Waals surface area contributed by atoms with Crippen LogP contribution in [0.4, 0.5) is 0 Å². The van der Waals surface area contributed by atoms with E-state index in [0.29, 0.717) is 12.2 Å². The Kier molecular flexibility index (Phi) is 4.06. The van der Waals surface area contributed by atoms with Crippen molar-refractivity contribution in [3.05, 3.63) is 55.8 Å². The lowest BCUT2D eigenvalue weighted by atomic mass is 10.2. The molecule has 0 spiro atoms. The lowest BCUT2D eigenvalue weighted by Gasteiger charge is -2.06. The first kappa shape index (κ1) is 14.6. The summed E-state index contributed by atoms with van der Waals surface area (Å²) in [6.07, 6.45) is 0. The van der Waals surface area contributed by atoms with E-state index in [4.69, 9.17) is 11.6 Å². The number of nitrogens with one attached hydrogen (secondary N) is 1. The molecular formula is C15H12BrClN2OS. The quantitative estimate of drug-likeness (QED) is 0.705. The molecule has 0 aliphatic heterocycles. The molecule has 3 nitrogen and oxygen atoms in total. The summed E-state index contributed by atoms with van der Waals surface area (Å²) < 4.78 is 3.45. The van der Waals surface area contributed by atoms with Gasteiger partial charge in [-0.15, -0.1) is 11.3 Å². The second kappa shape index (κ2) is 5.83. The average molecular weight is 384 g/mol. The Labute approximate surface area is 139 Å². The molecule has 0 saturated heterocycles. The van der Waals surface area contributed by atoms with Crippen LogP contribution in [-0.2, 0) is 13.6 Å². The van der Waals surface area contributed by atoms with E-state index in [0.717, 1.165) is 24.6 Å².